The third kappa shape index (κ3) is 6.34. The van der Waals surface area contributed by atoms with E-state index < -0.39 is 37.1 Å². The van der Waals surface area contributed by atoms with E-state index in [0.717, 1.165) is 28.8 Å². The lowest BCUT2D eigenvalue weighted by Gasteiger charge is -2.21. The Labute approximate surface area is 123 Å². The smallest absolute Gasteiger partial charge is 0.255 e. The Bertz CT molecular complexity index is 473. The molecule has 0 radical (unpaired) electrons. The predicted octanol–water partition coefficient (Wildman–Crippen LogP) is 2.53. The molecule has 1 aromatic rings. The molecule has 1 aromatic carbocycles. The van der Waals surface area contributed by atoms with Crippen LogP contribution in [0.2, 0.25) is 0 Å². The number of nitrogens with zero attached hydrogens (tertiary/aromatic N) is 1. The number of benzene rings is 1. The van der Waals surface area contributed by atoms with Gasteiger partial charge >= 0.3 is 0 Å². The minimum atomic E-state index is -2.67. The molecular formula is C13H15F4NO2S. The van der Waals surface area contributed by atoms with Crippen molar-refractivity contribution in [2.45, 2.75) is 17.7 Å². The summed E-state index contributed by atoms with van der Waals surface area (Å²) >= 11 is 1.12. The van der Waals surface area contributed by atoms with Crippen molar-refractivity contribution in [1.29, 1.82) is 0 Å². The number of carbonyl (C=O) groups excluding carboxylic acids is 1. The average Bonchev–Trinajstić information content (AvgIpc) is 2.41. The molecule has 0 unspecified atom stereocenters. The lowest BCUT2D eigenvalue weighted by molar-refractivity contribution is -0.133. The van der Waals surface area contributed by atoms with Gasteiger partial charge in [0.2, 0.25) is 5.91 Å². The van der Waals surface area contributed by atoms with E-state index in [1.165, 1.54) is 6.07 Å². The summed E-state index contributed by atoms with van der Waals surface area (Å²) in [7, 11) is 0. The van der Waals surface area contributed by atoms with Crippen LogP contribution in [0.4, 0.5) is 17.6 Å². The van der Waals surface area contributed by atoms with Crippen LogP contribution in [0.3, 0.4) is 0 Å². The second-order valence-electron chi connectivity index (χ2n) is 4.13. The third-order valence-corrected chi connectivity index (χ3v) is 3.55. The van der Waals surface area contributed by atoms with Gasteiger partial charge in [0.05, 0.1) is 13.2 Å². The maximum atomic E-state index is 13.0. The quantitative estimate of drug-likeness (QED) is 0.590. The summed E-state index contributed by atoms with van der Waals surface area (Å²) in [5, 5.41) is 8.74. The van der Waals surface area contributed by atoms with Gasteiger partial charge in [-0.3, -0.25) is 4.79 Å². The first-order valence-electron chi connectivity index (χ1n) is 6.18. The predicted molar refractivity (Wildman–Crippen MR) is 71.4 cm³/mol. The number of hydrogen-bond donors (Lipinski definition) is 1. The molecule has 1 N–H and O–H groups in total. The molecule has 1 amide bonds. The van der Waals surface area contributed by atoms with E-state index in [9.17, 15) is 22.4 Å². The van der Waals surface area contributed by atoms with Gasteiger partial charge in [0.15, 0.2) is 11.6 Å². The molecule has 0 aromatic heterocycles. The second kappa shape index (κ2) is 8.89. The highest BCUT2D eigenvalue weighted by Gasteiger charge is 2.17. The Morgan fingerprint density at radius 1 is 1.29 bits per heavy atom. The number of thioether (sulfide) groups is 1. The monoisotopic (exact) mass is 325 g/mol. The Balaban J connectivity index is 2.45. The van der Waals surface area contributed by atoms with Gasteiger partial charge in [-0.2, -0.15) is 0 Å². The highest BCUT2D eigenvalue weighted by Crippen LogP contribution is 2.21. The van der Waals surface area contributed by atoms with Crippen molar-refractivity contribution < 1.29 is 27.5 Å². The van der Waals surface area contributed by atoms with Crippen molar-refractivity contribution in [1.82, 2.24) is 4.90 Å². The van der Waals surface area contributed by atoms with Crippen LogP contribution in [0, 0.1) is 11.6 Å². The molecule has 0 bridgehead atoms. The standard InChI is InChI=1S/C13H15F4NO2S/c14-10-2-1-9(7-11(10)15)21-6-3-13(20)18(4-5-19)8-12(16)17/h1-2,7,12,19H,3-6,8H2. The molecule has 3 nitrogen and oxygen atoms in total. The molecule has 0 aliphatic carbocycles. The number of carbonyl (C=O) groups is 1. The first-order chi connectivity index (χ1) is 9.93. The summed E-state index contributed by atoms with van der Waals surface area (Å²) in [5.41, 5.74) is 0. The topological polar surface area (TPSA) is 40.5 Å². The summed E-state index contributed by atoms with van der Waals surface area (Å²) in [6.07, 6.45) is -2.70. The van der Waals surface area contributed by atoms with Crippen molar-refractivity contribution >= 4 is 17.7 Å². The summed E-state index contributed by atoms with van der Waals surface area (Å²) < 4.78 is 50.2. The largest absolute Gasteiger partial charge is 0.395 e. The SMILES string of the molecule is O=C(CCSc1ccc(F)c(F)c1)N(CCO)CC(F)F. The fourth-order valence-corrected chi connectivity index (χ4v) is 2.45. The number of aliphatic hydroxyl groups excluding tert-OH is 1. The van der Waals surface area contributed by atoms with E-state index in [4.69, 9.17) is 5.11 Å². The molecule has 0 saturated carbocycles. The molecule has 1 rings (SSSR count). The first-order valence-corrected chi connectivity index (χ1v) is 7.17. The molecule has 0 atom stereocenters. The highest BCUT2D eigenvalue weighted by molar-refractivity contribution is 7.99. The fourth-order valence-electron chi connectivity index (χ4n) is 1.59. The van der Waals surface area contributed by atoms with Crippen molar-refractivity contribution in [3.63, 3.8) is 0 Å². The van der Waals surface area contributed by atoms with Gasteiger partial charge < -0.3 is 10.0 Å². The van der Waals surface area contributed by atoms with E-state index in [-0.39, 0.29) is 18.7 Å². The fraction of sp³-hybridized carbons (Fsp3) is 0.462. The van der Waals surface area contributed by atoms with Gasteiger partial charge in [-0.05, 0) is 18.2 Å². The number of hydrogen-bond acceptors (Lipinski definition) is 3. The number of aliphatic hydroxyl groups is 1. The maximum absolute atomic E-state index is 13.0. The van der Waals surface area contributed by atoms with E-state index in [1.807, 2.05) is 0 Å². The molecule has 0 spiro atoms. The molecule has 8 heteroatoms. The third-order valence-electron chi connectivity index (χ3n) is 2.56. The van der Waals surface area contributed by atoms with E-state index in [1.54, 1.807) is 0 Å². The molecule has 0 heterocycles. The molecule has 0 aliphatic heterocycles. The van der Waals surface area contributed by atoms with Crippen LogP contribution in [0.25, 0.3) is 0 Å². The minimum Gasteiger partial charge on any atom is -0.395 e. The number of amides is 1. The lowest BCUT2D eigenvalue weighted by Crippen LogP contribution is -2.37. The summed E-state index contributed by atoms with van der Waals surface area (Å²) in [6, 6.07) is 3.36. The zero-order chi connectivity index (χ0) is 15.8. The number of halogens is 4. The van der Waals surface area contributed by atoms with Crippen LogP contribution in [-0.4, -0.2) is 47.8 Å². The molecule has 21 heavy (non-hydrogen) atoms. The van der Waals surface area contributed by atoms with Crippen molar-refractivity contribution in [2.75, 3.05) is 25.4 Å². The van der Waals surface area contributed by atoms with Gasteiger partial charge in [-0.1, -0.05) is 0 Å². The lowest BCUT2D eigenvalue weighted by atomic mass is 10.3. The Hall–Kier alpha value is -1.28. The molecule has 0 saturated heterocycles. The second-order valence-corrected chi connectivity index (χ2v) is 5.30. The minimum absolute atomic E-state index is 0.0314. The Morgan fingerprint density at radius 3 is 2.57 bits per heavy atom. The van der Waals surface area contributed by atoms with Gasteiger partial charge in [0, 0.05) is 23.6 Å². The summed E-state index contributed by atoms with van der Waals surface area (Å²) in [4.78, 5) is 13.0. The van der Waals surface area contributed by atoms with Crippen molar-refractivity contribution in [2.24, 2.45) is 0 Å². The Kier molecular flexibility index (Phi) is 7.52. The van der Waals surface area contributed by atoms with Crippen LogP contribution >= 0.6 is 11.8 Å². The van der Waals surface area contributed by atoms with E-state index in [0.29, 0.717) is 4.90 Å². The van der Waals surface area contributed by atoms with Crippen LogP contribution in [-0.2, 0) is 4.79 Å². The van der Waals surface area contributed by atoms with Crippen LogP contribution < -0.4 is 0 Å². The van der Waals surface area contributed by atoms with Crippen LogP contribution in [0.1, 0.15) is 6.42 Å². The van der Waals surface area contributed by atoms with E-state index in [2.05, 4.69) is 0 Å². The summed E-state index contributed by atoms with van der Waals surface area (Å²) in [5.74, 6) is -2.21. The molecule has 0 aliphatic rings. The first kappa shape index (κ1) is 17.8. The van der Waals surface area contributed by atoms with Gasteiger partial charge in [0.1, 0.15) is 0 Å². The van der Waals surface area contributed by atoms with Gasteiger partial charge in [-0.25, -0.2) is 17.6 Å². The molecule has 0 fully saturated rings. The maximum Gasteiger partial charge on any atom is 0.255 e. The van der Waals surface area contributed by atoms with Crippen LogP contribution in [0.15, 0.2) is 23.1 Å². The normalized spacial score (nSPS) is 11.0. The number of alkyl halides is 2. The van der Waals surface area contributed by atoms with Gasteiger partial charge in [0.25, 0.3) is 6.43 Å². The van der Waals surface area contributed by atoms with Crippen LogP contribution in [0.5, 0.6) is 0 Å². The zero-order valence-corrected chi connectivity index (χ0v) is 11.9. The molecule has 118 valence electrons. The highest BCUT2D eigenvalue weighted by atomic mass is 32.2. The Morgan fingerprint density at radius 2 is 2.00 bits per heavy atom. The van der Waals surface area contributed by atoms with Crippen molar-refractivity contribution in [3.8, 4) is 0 Å². The average molecular weight is 325 g/mol. The molecular weight excluding hydrogens is 310 g/mol. The van der Waals surface area contributed by atoms with Gasteiger partial charge in [-0.15, -0.1) is 11.8 Å². The zero-order valence-electron chi connectivity index (χ0n) is 11.1. The van der Waals surface area contributed by atoms with Crippen molar-refractivity contribution in [3.05, 3.63) is 29.8 Å². The summed E-state index contributed by atoms with van der Waals surface area (Å²) in [6.45, 7) is -1.27. The number of rotatable bonds is 8. The van der Waals surface area contributed by atoms with E-state index >= 15 is 0 Å².